The molecule has 1 N–H and O–H groups in total. The molecule has 2 aromatic rings. The molecule has 0 atom stereocenters. The smallest absolute Gasteiger partial charge is 0.234 e. The lowest BCUT2D eigenvalue weighted by Gasteiger charge is -2.33. The molecule has 7 nitrogen and oxygen atoms in total. The van der Waals surface area contributed by atoms with Gasteiger partial charge in [-0.2, -0.15) is 0 Å². The molecule has 1 aliphatic heterocycles. The Hall–Kier alpha value is -2.45. The second kappa shape index (κ2) is 9.48. The predicted molar refractivity (Wildman–Crippen MR) is 97.9 cm³/mol. The first kappa shape index (κ1) is 19.3. The van der Waals surface area contributed by atoms with Crippen LogP contribution in [0.15, 0.2) is 34.9 Å². The molecule has 1 aliphatic rings. The van der Waals surface area contributed by atoms with Crippen LogP contribution in [0, 0.1) is 12.7 Å². The molecular weight excluding hydrogens is 351 g/mol. The van der Waals surface area contributed by atoms with Crippen molar-refractivity contribution in [3.8, 4) is 5.75 Å². The standard InChI is InChI=1S/C19H25FN4O3/c1-15-11-17(22-27-15)13-23-6-8-24(9-7-23)14-19(25)21-5-10-26-18-4-2-3-16(20)12-18/h2-4,11-12H,5-10,13-14H2,1H3,(H,21,25). The summed E-state index contributed by atoms with van der Waals surface area (Å²) in [5.74, 6) is 0.914. The fraction of sp³-hybridized carbons (Fsp3) is 0.474. The summed E-state index contributed by atoms with van der Waals surface area (Å²) in [6, 6.07) is 7.91. The molecule has 0 saturated carbocycles. The maximum atomic E-state index is 13.0. The third kappa shape index (κ3) is 6.33. The minimum atomic E-state index is -0.339. The molecule has 0 unspecified atom stereocenters. The van der Waals surface area contributed by atoms with Crippen LogP contribution in [0.2, 0.25) is 0 Å². The van der Waals surface area contributed by atoms with E-state index >= 15 is 0 Å². The molecule has 0 radical (unpaired) electrons. The molecule has 1 fully saturated rings. The van der Waals surface area contributed by atoms with Crippen molar-refractivity contribution in [2.24, 2.45) is 0 Å². The van der Waals surface area contributed by atoms with Crippen molar-refractivity contribution in [3.63, 3.8) is 0 Å². The van der Waals surface area contributed by atoms with Crippen molar-refractivity contribution in [3.05, 3.63) is 47.6 Å². The Balaban J connectivity index is 1.29. The summed E-state index contributed by atoms with van der Waals surface area (Å²) in [4.78, 5) is 16.5. The molecule has 27 heavy (non-hydrogen) atoms. The Morgan fingerprint density at radius 3 is 2.74 bits per heavy atom. The summed E-state index contributed by atoms with van der Waals surface area (Å²) in [6.45, 7) is 7.18. The predicted octanol–water partition coefficient (Wildman–Crippen LogP) is 1.43. The molecule has 1 aromatic carbocycles. The van der Waals surface area contributed by atoms with Gasteiger partial charge in [0.2, 0.25) is 5.91 Å². The van der Waals surface area contributed by atoms with Crippen molar-refractivity contribution >= 4 is 5.91 Å². The Morgan fingerprint density at radius 1 is 1.26 bits per heavy atom. The van der Waals surface area contributed by atoms with E-state index in [1.807, 2.05) is 13.0 Å². The highest BCUT2D eigenvalue weighted by Crippen LogP contribution is 2.11. The van der Waals surface area contributed by atoms with E-state index in [-0.39, 0.29) is 11.7 Å². The number of hydrogen-bond donors (Lipinski definition) is 1. The SMILES string of the molecule is Cc1cc(CN2CCN(CC(=O)NCCOc3cccc(F)c3)CC2)no1. The average Bonchev–Trinajstić information content (AvgIpc) is 3.05. The number of carbonyl (C=O) groups is 1. The van der Waals surface area contributed by atoms with E-state index in [2.05, 4.69) is 20.3 Å². The van der Waals surface area contributed by atoms with Gasteiger partial charge in [0, 0.05) is 44.9 Å². The highest BCUT2D eigenvalue weighted by Gasteiger charge is 2.19. The zero-order valence-corrected chi connectivity index (χ0v) is 15.5. The number of piperazine rings is 1. The normalized spacial score (nSPS) is 15.6. The monoisotopic (exact) mass is 376 g/mol. The van der Waals surface area contributed by atoms with Gasteiger partial charge in [-0.05, 0) is 19.1 Å². The van der Waals surface area contributed by atoms with Gasteiger partial charge in [0.15, 0.2) is 0 Å². The van der Waals surface area contributed by atoms with Gasteiger partial charge in [-0.15, -0.1) is 0 Å². The maximum Gasteiger partial charge on any atom is 0.234 e. The number of amides is 1. The van der Waals surface area contributed by atoms with E-state index < -0.39 is 0 Å². The third-order valence-corrected chi connectivity index (χ3v) is 4.38. The molecule has 1 aromatic heterocycles. The molecule has 1 saturated heterocycles. The minimum absolute atomic E-state index is 0.0292. The summed E-state index contributed by atoms with van der Waals surface area (Å²) in [6.07, 6.45) is 0. The van der Waals surface area contributed by atoms with E-state index in [9.17, 15) is 9.18 Å². The van der Waals surface area contributed by atoms with Crippen LogP contribution in [0.25, 0.3) is 0 Å². The number of ether oxygens (including phenoxy) is 1. The summed E-state index contributed by atoms with van der Waals surface area (Å²) < 4.78 is 23.6. The fourth-order valence-electron chi connectivity index (χ4n) is 3.00. The molecule has 2 heterocycles. The second-order valence-electron chi connectivity index (χ2n) is 6.64. The third-order valence-electron chi connectivity index (χ3n) is 4.38. The van der Waals surface area contributed by atoms with Crippen LogP contribution < -0.4 is 10.1 Å². The van der Waals surface area contributed by atoms with Gasteiger partial charge in [-0.1, -0.05) is 11.2 Å². The number of nitrogens with one attached hydrogen (secondary N) is 1. The van der Waals surface area contributed by atoms with Crippen LogP contribution in [0.4, 0.5) is 4.39 Å². The average molecular weight is 376 g/mol. The highest BCUT2D eigenvalue weighted by molar-refractivity contribution is 5.78. The van der Waals surface area contributed by atoms with Gasteiger partial charge in [-0.3, -0.25) is 14.6 Å². The molecule has 8 heteroatoms. The maximum absolute atomic E-state index is 13.0. The first-order chi connectivity index (χ1) is 13.1. The Morgan fingerprint density at radius 2 is 2.04 bits per heavy atom. The molecular formula is C19H25FN4O3. The van der Waals surface area contributed by atoms with Gasteiger partial charge in [0.05, 0.1) is 18.8 Å². The second-order valence-corrected chi connectivity index (χ2v) is 6.64. The minimum Gasteiger partial charge on any atom is -0.492 e. The summed E-state index contributed by atoms with van der Waals surface area (Å²) in [5.41, 5.74) is 0.942. The van der Waals surface area contributed by atoms with E-state index in [0.29, 0.717) is 25.4 Å². The number of hydrogen-bond acceptors (Lipinski definition) is 6. The molecule has 0 bridgehead atoms. The van der Waals surface area contributed by atoms with Gasteiger partial charge in [-0.25, -0.2) is 4.39 Å². The lowest BCUT2D eigenvalue weighted by Crippen LogP contribution is -2.49. The fourth-order valence-corrected chi connectivity index (χ4v) is 3.00. The van der Waals surface area contributed by atoms with Crippen LogP contribution >= 0.6 is 0 Å². The molecule has 3 rings (SSSR count). The van der Waals surface area contributed by atoms with Crippen LogP contribution in [0.5, 0.6) is 5.75 Å². The first-order valence-electron chi connectivity index (χ1n) is 9.10. The number of rotatable bonds is 8. The first-order valence-corrected chi connectivity index (χ1v) is 9.10. The number of aromatic nitrogens is 1. The number of nitrogens with zero attached hydrogens (tertiary/aromatic N) is 3. The molecule has 0 aliphatic carbocycles. The quantitative estimate of drug-likeness (QED) is 0.703. The van der Waals surface area contributed by atoms with Crippen molar-refractivity contribution in [1.82, 2.24) is 20.3 Å². The largest absolute Gasteiger partial charge is 0.492 e. The lowest BCUT2D eigenvalue weighted by atomic mass is 10.2. The number of benzene rings is 1. The topological polar surface area (TPSA) is 70.8 Å². The molecule has 1 amide bonds. The van der Waals surface area contributed by atoms with E-state index in [1.54, 1.807) is 12.1 Å². The lowest BCUT2D eigenvalue weighted by molar-refractivity contribution is -0.122. The summed E-state index contributed by atoms with van der Waals surface area (Å²) >= 11 is 0. The van der Waals surface area contributed by atoms with E-state index in [0.717, 1.165) is 44.2 Å². The summed E-state index contributed by atoms with van der Waals surface area (Å²) in [5, 5.41) is 6.85. The number of carbonyl (C=O) groups excluding carboxylic acids is 1. The van der Waals surface area contributed by atoms with Crippen LogP contribution in [-0.4, -0.2) is 66.7 Å². The van der Waals surface area contributed by atoms with E-state index in [1.165, 1.54) is 12.1 Å². The molecule has 0 spiro atoms. The van der Waals surface area contributed by atoms with Crippen molar-refractivity contribution < 1.29 is 18.4 Å². The van der Waals surface area contributed by atoms with Crippen molar-refractivity contribution in [2.75, 3.05) is 45.9 Å². The van der Waals surface area contributed by atoms with Crippen molar-refractivity contribution in [1.29, 1.82) is 0 Å². The number of aryl methyl sites for hydroxylation is 1. The van der Waals surface area contributed by atoms with Crippen LogP contribution in [-0.2, 0) is 11.3 Å². The number of halogens is 1. The zero-order chi connectivity index (χ0) is 19.1. The Bertz CT molecular complexity index is 744. The summed E-state index contributed by atoms with van der Waals surface area (Å²) in [7, 11) is 0. The highest BCUT2D eigenvalue weighted by atomic mass is 19.1. The van der Waals surface area contributed by atoms with Gasteiger partial charge in [0.25, 0.3) is 0 Å². The van der Waals surface area contributed by atoms with Crippen LogP contribution in [0.1, 0.15) is 11.5 Å². The Labute approximate surface area is 158 Å². The molecule has 146 valence electrons. The Kier molecular flexibility index (Phi) is 6.78. The van der Waals surface area contributed by atoms with Gasteiger partial charge >= 0.3 is 0 Å². The van der Waals surface area contributed by atoms with Gasteiger partial charge in [0.1, 0.15) is 23.9 Å². The van der Waals surface area contributed by atoms with Gasteiger partial charge < -0.3 is 14.6 Å². The zero-order valence-electron chi connectivity index (χ0n) is 15.5. The van der Waals surface area contributed by atoms with Crippen molar-refractivity contribution in [2.45, 2.75) is 13.5 Å². The van der Waals surface area contributed by atoms with E-state index in [4.69, 9.17) is 9.26 Å². The van der Waals surface area contributed by atoms with Crippen LogP contribution in [0.3, 0.4) is 0 Å².